The Hall–Kier alpha value is -1.47. The number of nitriles is 1. The van der Waals surface area contributed by atoms with E-state index in [1.807, 2.05) is 6.07 Å². The van der Waals surface area contributed by atoms with Crippen molar-refractivity contribution >= 4 is 19.9 Å². The SMILES string of the molecule is CN([C@@H]1CS(=O)(=O)C[C@@H]1O)S(=O)(=O)c1cccc(C#N)c1. The average Bonchev–Trinajstić information content (AvgIpc) is 2.71. The maximum Gasteiger partial charge on any atom is 0.243 e. The molecule has 21 heavy (non-hydrogen) atoms. The van der Waals surface area contributed by atoms with Gasteiger partial charge in [-0.1, -0.05) is 6.07 Å². The Morgan fingerprint density at radius 1 is 1.38 bits per heavy atom. The van der Waals surface area contributed by atoms with Crippen molar-refractivity contribution in [3.05, 3.63) is 29.8 Å². The third-order valence-electron chi connectivity index (χ3n) is 3.40. The van der Waals surface area contributed by atoms with Crippen LogP contribution in [0.4, 0.5) is 0 Å². The molecule has 0 spiro atoms. The van der Waals surface area contributed by atoms with Crippen molar-refractivity contribution in [2.45, 2.75) is 17.0 Å². The zero-order valence-electron chi connectivity index (χ0n) is 11.2. The number of nitrogens with zero attached hydrogens (tertiary/aromatic N) is 2. The van der Waals surface area contributed by atoms with Crippen LogP contribution in [-0.4, -0.2) is 56.9 Å². The van der Waals surface area contributed by atoms with Crippen LogP contribution in [-0.2, 0) is 19.9 Å². The number of aliphatic hydroxyl groups excluding tert-OH is 1. The summed E-state index contributed by atoms with van der Waals surface area (Å²) >= 11 is 0. The number of benzene rings is 1. The summed E-state index contributed by atoms with van der Waals surface area (Å²) in [6, 6.07) is 6.25. The van der Waals surface area contributed by atoms with Crippen molar-refractivity contribution in [2.24, 2.45) is 0 Å². The molecule has 0 aliphatic carbocycles. The number of hydrogen-bond acceptors (Lipinski definition) is 6. The molecule has 1 fully saturated rings. The third kappa shape index (κ3) is 3.08. The van der Waals surface area contributed by atoms with Gasteiger partial charge in [0.15, 0.2) is 9.84 Å². The van der Waals surface area contributed by atoms with Gasteiger partial charge in [0, 0.05) is 7.05 Å². The Kier molecular flexibility index (Phi) is 4.08. The smallest absolute Gasteiger partial charge is 0.243 e. The molecule has 9 heteroatoms. The minimum atomic E-state index is -3.98. The first kappa shape index (κ1) is 15.9. The topological polar surface area (TPSA) is 116 Å². The van der Waals surface area contributed by atoms with Crippen LogP contribution in [0.3, 0.4) is 0 Å². The van der Waals surface area contributed by atoms with E-state index >= 15 is 0 Å². The quantitative estimate of drug-likeness (QED) is 0.786. The molecular formula is C12H14N2O5S2. The van der Waals surface area contributed by atoms with Gasteiger partial charge in [0.05, 0.1) is 40.2 Å². The monoisotopic (exact) mass is 330 g/mol. The maximum atomic E-state index is 12.5. The molecule has 1 heterocycles. The van der Waals surface area contributed by atoms with E-state index in [2.05, 4.69) is 0 Å². The van der Waals surface area contributed by atoms with Gasteiger partial charge in [-0.3, -0.25) is 0 Å². The van der Waals surface area contributed by atoms with E-state index in [4.69, 9.17) is 5.26 Å². The molecule has 0 saturated carbocycles. The Morgan fingerprint density at radius 3 is 2.57 bits per heavy atom. The zero-order valence-corrected chi connectivity index (χ0v) is 12.8. The highest BCUT2D eigenvalue weighted by molar-refractivity contribution is 7.92. The Bertz CT molecular complexity index is 795. The zero-order chi connectivity index (χ0) is 15.8. The fraction of sp³-hybridized carbons (Fsp3) is 0.417. The Balaban J connectivity index is 2.38. The van der Waals surface area contributed by atoms with Gasteiger partial charge in [-0.15, -0.1) is 0 Å². The van der Waals surface area contributed by atoms with Gasteiger partial charge in [-0.2, -0.15) is 9.57 Å². The normalized spacial score (nSPS) is 24.9. The van der Waals surface area contributed by atoms with Crippen LogP contribution in [0.1, 0.15) is 5.56 Å². The molecule has 0 unspecified atom stereocenters. The first-order valence-corrected chi connectivity index (χ1v) is 9.30. The molecule has 0 bridgehead atoms. The molecule has 1 aromatic rings. The molecule has 0 amide bonds. The summed E-state index contributed by atoms with van der Waals surface area (Å²) in [6.07, 6.45) is -1.26. The van der Waals surface area contributed by atoms with Gasteiger partial charge in [0.25, 0.3) is 0 Å². The molecule has 1 aromatic carbocycles. The summed E-state index contributed by atoms with van der Waals surface area (Å²) in [5.41, 5.74) is 0.184. The van der Waals surface area contributed by atoms with Crippen LogP contribution in [0.15, 0.2) is 29.2 Å². The highest BCUT2D eigenvalue weighted by Gasteiger charge is 2.42. The van der Waals surface area contributed by atoms with E-state index in [0.717, 1.165) is 4.31 Å². The summed E-state index contributed by atoms with van der Waals surface area (Å²) in [4.78, 5) is -0.111. The standard InChI is InChI=1S/C12H14N2O5S2/c1-14(11-7-20(16,17)8-12(11)15)21(18,19)10-4-2-3-9(5-10)6-13/h2-5,11-12,15H,7-8H2,1H3/t11-,12+/m1/s1. The van der Waals surface area contributed by atoms with Crippen molar-refractivity contribution in [2.75, 3.05) is 18.6 Å². The summed E-state index contributed by atoms with van der Waals surface area (Å²) in [6.45, 7) is 0. The van der Waals surface area contributed by atoms with Crippen LogP contribution in [0.5, 0.6) is 0 Å². The molecule has 0 radical (unpaired) electrons. The van der Waals surface area contributed by atoms with Gasteiger partial charge in [0.2, 0.25) is 10.0 Å². The maximum absolute atomic E-state index is 12.5. The summed E-state index contributed by atoms with van der Waals surface area (Å²) in [5.74, 6) is -0.863. The molecule has 2 rings (SSSR count). The van der Waals surface area contributed by atoms with Crippen LogP contribution in [0, 0.1) is 11.3 Å². The summed E-state index contributed by atoms with van der Waals surface area (Å²) < 4.78 is 48.8. The van der Waals surface area contributed by atoms with Crippen molar-refractivity contribution in [1.29, 1.82) is 5.26 Å². The van der Waals surface area contributed by atoms with E-state index < -0.39 is 43.5 Å². The molecule has 1 aliphatic heterocycles. The van der Waals surface area contributed by atoms with Crippen molar-refractivity contribution in [3.8, 4) is 6.07 Å². The fourth-order valence-electron chi connectivity index (χ4n) is 2.23. The van der Waals surface area contributed by atoms with Crippen molar-refractivity contribution in [3.63, 3.8) is 0 Å². The van der Waals surface area contributed by atoms with Crippen LogP contribution in [0.25, 0.3) is 0 Å². The lowest BCUT2D eigenvalue weighted by Gasteiger charge is -2.25. The van der Waals surface area contributed by atoms with E-state index in [0.29, 0.717) is 0 Å². The third-order valence-corrected chi connectivity index (χ3v) is 6.98. The molecule has 2 atom stereocenters. The van der Waals surface area contributed by atoms with E-state index in [1.54, 1.807) is 0 Å². The van der Waals surface area contributed by atoms with Gasteiger partial charge in [0.1, 0.15) is 0 Å². The number of rotatable bonds is 3. The summed E-state index contributed by atoms with van der Waals surface area (Å²) in [5, 5.41) is 18.6. The highest BCUT2D eigenvalue weighted by Crippen LogP contribution is 2.24. The largest absolute Gasteiger partial charge is 0.390 e. The Labute approximate surface area is 123 Å². The second-order valence-electron chi connectivity index (χ2n) is 4.87. The molecule has 7 nitrogen and oxygen atoms in total. The first-order valence-electron chi connectivity index (χ1n) is 6.04. The van der Waals surface area contributed by atoms with Gasteiger partial charge in [-0.25, -0.2) is 16.8 Å². The molecule has 1 saturated heterocycles. The fourth-order valence-corrected chi connectivity index (χ4v) is 5.60. The summed E-state index contributed by atoms with van der Waals surface area (Å²) in [7, 11) is -6.21. The van der Waals surface area contributed by atoms with Crippen molar-refractivity contribution in [1.82, 2.24) is 4.31 Å². The molecule has 0 aromatic heterocycles. The average molecular weight is 330 g/mol. The minimum absolute atomic E-state index is 0.111. The number of sulfone groups is 1. The second-order valence-corrected chi connectivity index (χ2v) is 9.02. The van der Waals surface area contributed by atoms with Crippen LogP contribution < -0.4 is 0 Å². The van der Waals surface area contributed by atoms with E-state index in [9.17, 15) is 21.9 Å². The van der Waals surface area contributed by atoms with Gasteiger partial charge < -0.3 is 5.11 Å². The van der Waals surface area contributed by atoms with Gasteiger partial charge >= 0.3 is 0 Å². The van der Waals surface area contributed by atoms with Crippen molar-refractivity contribution < 1.29 is 21.9 Å². The number of hydrogen-bond donors (Lipinski definition) is 1. The minimum Gasteiger partial charge on any atom is -0.390 e. The molecule has 1 aliphatic rings. The van der Waals surface area contributed by atoms with Crippen LogP contribution >= 0.6 is 0 Å². The predicted octanol–water partition coefficient (Wildman–Crippen LogP) is -0.663. The van der Waals surface area contributed by atoms with E-state index in [-0.39, 0.29) is 10.5 Å². The van der Waals surface area contributed by atoms with Crippen LogP contribution in [0.2, 0.25) is 0 Å². The second kappa shape index (κ2) is 5.38. The predicted molar refractivity (Wildman–Crippen MR) is 74.6 cm³/mol. The first-order chi connectivity index (χ1) is 9.67. The van der Waals surface area contributed by atoms with Gasteiger partial charge in [-0.05, 0) is 18.2 Å². The molecular weight excluding hydrogens is 316 g/mol. The highest BCUT2D eigenvalue weighted by atomic mass is 32.2. The lowest BCUT2D eigenvalue weighted by atomic mass is 10.2. The van der Waals surface area contributed by atoms with E-state index in [1.165, 1.54) is 31.3 Å². The lowest BCUT2D eigenvalue weighted by Crippen LogP contribution is -2.44. The number of likely N-dealkylation sites (N-methyl/N-ethyl adjacent to an activating group) is 1. The Morgan fingerprint density at radius 2 is 2.05 bits per heavy atom. The lowest BCUT2D eigenvalue weighted by molar-refractivity contribution is 0.137. The number of aliphatic hydroxyl groups is 1. The molecule has 114 valence electrons. The molecule has 1 N–H and O–H groups in total. The number of sulfonamides is 1.